The summed E-state index contributed by atoms with van der Waals surface area (Å²) in [7, 11) is -1.33. The van der Waals surface area contributed by atoms with E-state index in [0.717, 1.165) is 18.4 Å². The fraction of sp³-hybridized carbons (Fsp3) is 0.188. The molecule has 27 heavy (non-hydrogen) atoms. The molecule has 0 saturated heterocycles. The van der Waals surface area contributed by atoms with Crippen molar-refractivity contribution in [3.63, 3.8) is 0 Å². The summed E-state index contributed by atoms with van der Waals surface area (Å²) in [6.07, 6.45) is -0.953. The second kappa shape index (κ2) is 8.64. The third-order valence-electron chi connectivity index (χ3n) is 3.30. The van der Waals surface area contributed by atoms with Crippen LogP contribution in [0.3, 0.4) is 0 Å². The zero-order valence-corrected chi connectivity index (χ0v) is 16.0. The lowest BCUT2D eigenvalue weighted by atomic mass is 10.3. The monoisotopic (exact) mass is 412 g/mol. The molecule has 2 N–H and O–H groups in total. The van der Waals surface area contributed by atoms with Gasteiger partial charge in [0.05, 0.1) is 24.7 Å². The van der Waals surface area contributed by atoms with E-state index in [0.29, 0.717) is 5.75 Å². The van der Waals surface area contributed by atoms with Gasteiger partial charge in [-0.3, -0.25) is 14.9 Å². The number of hydrogen-bond acceptors (Lipinski definition) is 8. The number of benzene rings is 1. The molecule has 0 aliphatic heterocycles. The summed E-state index contributed by atoms with van der Waals surface area (Å²) in [6, 6.07) is 7.00. The molecule has 2 aromatic rings. The molecule has 1 aromatic carbocycles. The van der Waals surface area contributed by atoms with Crippen LogP contribution in [0.25, 0.3) is 0 Å². The van der Waals surface area contributed by atoms with Gasteiger partial charge in [-0.1, -0.05) is 0 Å². The van der Waals surface area contributed by atoms with Gasteiger partial charge in [-0.25, -0.2) is 13.2 Å². The highest BCUT2D eigenvalue weighted by Crippen LogP contribution is 2.24. The van der Waals surface area contributed by atoms with Crippen LogP contribution in [0, 0.1) is 0 Å². The average Bonchev–Trinajstić information content (AvgIpc) is 3.09. The van der Waals surface area contributed by atoms with Gasteiger partial charge in [0.2, 0.25) is 5.91 Å². The SMILES string of the molecule is COC(=O)NC(=O)c1ccsc1NC(=O)CS(=O)(=O)c1ccc(OC)cc1. The topological polar surface area (TPSA) is 128 Å². The van der Waals surface area contributed by atoms with Crippen molar-refractivity contribution in [2.24, 2.45) is 0 Å². The molecule has 3 amide bonds. The van der Waals surface area contributed by atoms with Crippen LogP contribution in [0.5, 0.6) is 5.75 Å². The van der Waals surface area contributed by atoms with E-state index < -0.39 is 33.5 Å². The number of alkyl carbamates (subject to hydrolysis) is 1. The minimum Gasteiger partial charge on any atom is -0.497 e. The van der Waals surface area contributed by atoms with Crippen LogP contribution in [-0.4, -0.2) is 46.3 Å². The van der Waals surface area contributed by atoms with Crippen molar-refractivity contribution in [2.45, 2.75) is 4.90 Å². The maximum absolute atomic E-state index is 12.3. The van der Waals surface area contributed by atoms with Crippen LogP contribution >= 0.6 is 11.3 Å². The molecule has 0 aliphatic carbocycles. The molecule has 0 radical (unpaired) electrons. The van der Waals surface area contributed by atoms with Crippen LogP contribution < -0.4 is 15.4 Å². The Hall–Kier alpha value is -2.92. The lowest BCUT2D eigenvalue weighted by Gasteiger charge is -2.08. The summed E-state index contributed by atoms with van der Waals surface area (Å²) in [6.45, 7) is 0. The fourth-order valence-electron chi connectivity index (χ4n) is 2.00. The average molecular weight is 412 g/mol. The summed E-state index contributed by atoms with van der Waals surface area (Å²) in [5, 5.41) is 5.96. The number of ether oxygens (including phenoxy) is 2. The van der Waals surface area contributed by atoms with E-state index in [1.807, 2.05) is 5.32 Å². The van der Waals surface area contributed by atoms with Crippen LogP contribution in [0.1, 0.15) is 10.4 Å². The number of imide groups is 1. The summed E-state index contributed by atoms with van der Waals surface area (Å²) in [5.74, 6) is -1.93. The summed E-state index contributed by atoms with van der Waals surface area (Å²) >= 11 is 1.01. The number of methoxy groups -OCH3 is 2. The normalized spacial score (nSPS) is 10.7. The smallest absolute Gasteiger partial charge is 0.413 e. The van der Waals surface area contributed by atoms with E-state index in [2.05, 4.69) is 10.1 Å². The Morgan fingerprint density at radius 2 is 1.74 bits per heavy atom. The molecular formula is C16H16N2O7S2. The second-order valence-electron chi connectivity index (χ2n) is 5.09. The predicted molar refractivity (Wildman–Crippen MR) is 97.9 cm³/mol. The Kier molecular flexibility index (Phi) is 6.53. The Morgan fingerprint density at radius 3 is 2.33 bits per heavy atom. The van der Waals surface area contributed by atoms with Gasteiger partial charge in [0.25, 0.3) is 5.91 Å². The van der Waals surface area contributed by atoms with Gasteiger partial charge in [-0.2, -0.15) is 0 Å². The molecule has 0 aliphatic rings. The van der Waals surface area contributed by atoms with Crippen LogP contribution in [0.4, 0.5) is 9.80 Å². The number of sulfone groups is 1. The van der Waals surface area contributed by atoms with Crippen molar-refractivity contribution in [3.05, 3.63) is 41.3 Å². The number of rotatable bonds is 6. The highest BCUT2D eigenvalue weighted by atomic mass is 32.2. The first-order valence-electron chi connectivity index (χ1n) is 7.40. The Labute approximate surface area is 159 Å². The van der Waals surface area contributed by atoms with E-state index in [9.17, 15) is 22.8 Å². The molecule has 0 fully saturated rings. The lowest BCUT2D eigenvalue weighted by Crippen LogP contribution is -2.31. The number of carbonyl (C=O) groups excluding carboxylic acids is 3. The number of hydrogen-bond donors (Lipinski definition) is 2. The molecule has 0 unspecified atom stereocenters. The standard InChI is InChI=1S/C16H16N2O7S2/c1-24-10-3-5-11(6-4-10)27(22,23)9-13(19)17-15-12(7-8-26-15)14(20)18-16(21)25-2/h3-8H,9H2,1-2H3,(H,17,19)(H,18,20,21). The molecule has 0 atom stereocenters. The van der Waals surface area contributed by atoms with Crippen LogP contribution in [0.2, 0.25) is 0 Å². The Morgan fingerprint density at radius 1 is 1.07 bits per heavy atom. The first kappa shape index (κ1) is 20.4. The van der Waals surface area contributed by atoms with Gasteiger partial charge in [0.1, 0.15) is 16.5 Å². The zero-order valence-electron chi connectivity index (χ0n) is 14.3. The van der Waals surface area contributed by atoms with Crippen molar-refractivity contribution >= 4 is 44.1 Å². The number of nitrogens with one attached hydrogen (secondary N) is 2. The first-order chi connectivity index (χ1) is 12.8. The summed E-state index contributed by atoms with van der Waals surface area (Å²) < 4.78 is 34.0. The van der Waals surface area contributed by atoms with E-state index in [1.165, 1.54) is 42.8 Å². The van der Waals surface area contributed by atoms with Gasteiger partial charge in [-0.05, 0) is 35.7 Å². The molecule has 0 saturated carbocycles. The highest BCUT2D eigenvalue weighted by Gasteiger charge is 2.22. The van der Waals surface area contributed by atoms with Gasteiger partial charge < -0.3 is 14.8 Å². The largest absolute Gasteiger partial charge is 0.497 e. The van der Waals surface area contributed by atoms with Crippen LogP contribution in [0.15, 0.2) is 40.6 Å². The molecule has 144 valence electrons. The Bertz CT molecular complexity index is 949. The predicted octanol–water partition coefficient (Wildman–Crippen LogP) is 1.67. The molecule has 2 rings (SSSR count). The molecule has 11 heteroatoms. The van der Waals surface area contributed by atoms with Crippen molar-refractivity contribution in [1.82, 2.24) is 5.32 Å². The number of carbonyl (C=O) groups is 3. The van der Waals surface area contributed by atoms with Crippen molar-refractivity contribution in [2.75, 3.05) is 25.3 Å². The maximum Gasteiger partial charge on any atom is 0.413 e. The van der Waals surface area contributed by atoms with Gasteiger partial charge in [0.15, 0.2) is 9.84 Å². The summed E-state index contributed by atoms with van der Waals surface area (Å²) in [5.41, 5.74) is 0.0144. The minimum absolute atomic E-state index is 0.0144. The van der Waals surface area contributed by atoms with Crippen molar-refractivity contribution < 1.29 is 32.3 Å². The minimum atomic E-state index is -3.88. The quantitative estimate of drug-likeness (QED) is 0.738. The number of thiophene rings is 1. The molecule has 0 bridgehead atoms. The fourth-order valence-corrected chi connectivity index (χ4v) is 3.93. The van der Waals surface area contributed by atoms with Crippen LogP contribution in [-0.2, 0) is 19.4 Å². The van der Waals surface area contributed by atoms with Gasteiger partial charge in [-0.15, -0.1) is 11.3 Å². The maximum atomic E-state index is 12.3. The highest BCUT2D eigenvalue weighted by molar-refractivity contribution is 7.92. The van der Waals surface area contributed by atoms with Gasteiger partial charge in [0, 0.05) is 0 Å². The van der Waals surface area contributed by atoms with E-state index in [4.69, 9.17) is 4.74 Å². The lowest BCUT2D eigenvalue weighted by molar-refractivity contribution is -0.113. The van der Waals surface area contributed by atoms with E-state index >= 15 is 0 Å². The Balaban J connectivity index is 2.08. The number of anilines is 1. The molecule has 1 heterocycles. The third-order valence-corrected chi connectivity index (χ3v) is 5.77. The van der Waals surface area contributed by atoms with Crippen molar-refractivity contribution in [1.29, 1.82) is 0 Å². The van der Waals surface area contributed by atoms with Crippen molar-refractivity contribution in [3.8, 4) is 5.75 Å². The second-order valence-corrected chi connectivity index (χ2v) is 8.00. The first-order valence-corrected chi connectivity index (χ1v) is 9.93. The molecular weight excluding hydrogens is 396 g/mol. The zero-order chi connectivity index (χ0) is 20.0. The molecule has 9 nitrogen and oxygen atoms in total. The molecule has 1 aromatic heterocycles. The van der Waals surface area contributed by atoms with E-state index in [-0.39, 0.29) is 15.5 Å². The molecule has 0 spiro atoms. The van der Waals surface area contributed by atoms with Gasteiger partial charge >= 0.3 is 6.09 Å². The third kappa shape index (κ3) is 5.28. The number of amides is 3. The summed E-state index contributed by atoms with van der Waals surface area (Å²) in [4.78, 5) is 35.2. The van der Waals surface area contributed by atoms with E-state index in [1.54, 1.807) is 0 Å².